The number of hydrogen-bond acceptors (Lipinski definition) is 5. The summed E-state index contributed by atoms with van der Waals surface area (Å²) in [4.78, 5) is 23.5. The van der Waals surface area contributed by atoms with Crippen LogP contribution in [0.4, 0.5) is 13.2 Å². The summed E-state index contributed by atoms with van der Waals surface area (Å²) in [5.74, 6) is -1.46. The van der Waals surface area contributed by atoms with Gasteiger partial charge in [0.2, 0.25) is 15.9 Å². The van der Waals surface area contributed by atoms with E-state index in [1.807, 2.05) is 0 Å². The van der Waals surface area contributed by atoms with Gasteiger partial charge in [-0.25, -0.2) is 8.42 Å². The van der Waals surface area contributed by atoms with Crippen LogP contribution in [0.15, 0.2) is 29.2 Å². The topological polar surface area (TPSA) is 107 Å². The van der Waals surface area contributed by atoms with Crippen molar-refractivity contribution in [3.63, 3.8) is 0 Å². The van der Waals surface area contributed by atoms with Crippen LogP contribution in [0, 0.1) is 0 Å². The van der Waals surface area contributed by atoms with Crippen molar-refractivity contribution in [2.24, 2.45) is 0 Å². The van der Waals surface area contributed by atoms with Gasteiger partial charge in [0, 0.05) is 26.2 Å². The second-order valence-corrected chi connectivity index (χ2v) is 7.74. The third-order valence-corrected chi connectivity index (χ3v) is 5.88. The molecular formula is C15H18F3N3O5S. The van der Waals surface area contributed by atoms with Crippen molar-refractivity contribution >= 4 is 21.9 Å². The highest BCUT2D eigenvalue weighted by atomic mass is 32.2. The van der Waals surface area contributed by atoms with E-state index in [0.717, 1.165) is 16.4 Å². The number of carboxylic acid groups (broad SMARTS) is 1. The lowest BCUT2D eigenvalue weighted by molar-refractivity contribution is -0.138. The van der Waals surface area contributed by atoms with Gasteiger partial charge in [-0.3, -0.25) is 14.9 Å². The molecule has 0 radical (unpaired) electrons. The number of aliphatic carboxylic acids is 1. The highest BCUT2D eigenvalue weighted by molar-refractivity contribution is 7.89. The van der Waals surface area contributed by atoms with E-state index in [-0.39, 0.29) is 50.1 Å². The normalized spacial score (nSPS) is 16.3. The second-order valence-electron chi connectivity index (χ2n) is 5.80. The van der Waals surface area contributed by atoms with E-state index >= 15 is 0 Å². The van der Waals surface area contributed by atoms with E-state index < -0.39 is 27.7 Å². The van der Waals surface area contributed by atoms with Gasteiger partial charge in [0.05, 0.1) is 23.5 Å². The Bertz CT molecular complexity index is 788. The second kappa shape index (κ2) is 8.23. The van der Waals surface area contributed by atoms with Gasteiger partial charge in [0.15, 0.2) is 0 Å². The lowest BCUT2D eigenvalue weighted by atomic mass is 10.2. The van der Waals surface area contributed by atoms with Crippen LogP contribution < -0.4 is 5.32 Å². The average molecular weight is 409 g/mol. The lowest BCUT2D eigenvalue weighted by Crippen LogP contribution is -2.52. The van der Waals surface area contributed by atoms with Gasteiger partial charge in [-0.2, -0.15) is 17.5 Å². The number of sulfonamides is 1. The zero-order valence-corrected chi connectivity index (χ0v) is 14.9. The molecule has 12 heteroatoms. The molecule has 1 aliphatic heterocycles. The lowest BCUT2D eigenvalue weighted by Gasteiger charge is -2.34. The Labute approximate surface area is 153 Å². The summed E-state index contributed by atoms with van der Waals surface area (Å²) in [7, 11) is -3.97. The highest BCUT2D eigenvalue weighted by Gasteiger charge is 2.33. The molecule has 0 unspecified atom stereocenters. The van der Waals surface area contributed by atoms with Gasteiger partial charge in [-0.15, -0.1) is 0 Å². The summed E-state index contributed by atoms with van der Waals surface area (Å²) in [6, 6.07) is 3.23. The smallest absolute Gasteiger partial charge is 0.416 e. The Morgan fingerprint density at radius 1 is 1.04 bits per heavy atom. The number of hydrogen-bond donors (Lipinski definition) is 2. The number of carbonyl (C=O) groups excluding carboxylic acids is 1. The molecule has 1 aliphatic rings. The van der Waals surface area contributed by atoms with E-state index in [0.29, 0.717) is 12.1 Å². The molecule has 1 fully saturated rings. The fourth-order valence-electron chi connectivity index (χ4n) is 2.53. The molecule has 0 aliphatic carbocycles. The summed E-state index contributed by atoms with van der Waals surface area (Å²) < 4.78 is 63.9. The molecule has 2 N–H and O–H groups in total. The van der Waals surface area contributed by atoms with Crippen molar-refractivity contribution < 1.29 is 36.3 Å². The summed E-state index contributed by atoms with van der Waals surface area (Å²) in [6.45, 7) is -0.352. The summed E-state index contributed by atoms with van der Waals surface area (Å²) in [5, 5.41) is 11.0. The standard InChI is InChI=1S/C15H18F3N3O5S/c16-15(17,18)11-1-3-12(4-2-11)27(25,26)21-7-5-20(6-8-21)13(22)9-19-10-14(23)24/h1-4,19H,5-10H2,(H,23,24). The van der Waals surface area contributed by atoms with Gasteiger partial charge in [0.25, 0.3) is 0 Å². The van der Waals surface area contributed by atoms with Crippen molar-refractivity contribution in [3.05, 3.63) is 29.8 Å². The molecule has 0 saturated carbocycles. The minimum absolute atomic E-state index is 0.00593. The molecule has 0 spiro atoms. The zero-order chi connectivity index (χ0) is 20.2. The first-order chi connectivity index (χ1) is 12.5. The van der Waals surface area contributed by atoms with E-state index in [9.17, 15) is 31.2 Å². The average Bonchev–Trinajstić information content (AvgIpc) is 2.61. The molecular weight excluding hydrogens is 391 g/mol. The molecule has 0 bridgehead atoms. The first-order valence-electron chi connectivity index (χ1n) is 7.89. The largest absolute Gasteiger partial charge is 0.480 e. The first kappa shape index (κ1) is 21.1. The van der Waals surface area contributed by atoms with Crippen LogP contribution >= 0.6 is 0 Å². The quantitative estimate of drug-likeness (QED) is 0.696. The van der Waals surface area contributed by atoms with Crippen LogP contribution in [-0.2, 0) is 25.8 Å². The third-order valence-electron chi connectivity index (χ3n) is 3.96. The highest BCUT2D eigenvalue weighted by Crippen LogP contribution is 2.30. The van der Waals surface area contributed by atoms with E-state index in [4.69, 9.17) is 5.11 Å². The van der Waals surface area contributed by atoms with Crippen LogP contribution in [0.1, 0.15) is 5.56 Å². The first-order valence-corrected chi connectivity index (χ1v) is 9.33. The van der Waals surface area contributed by atoms with Crippen LogP contribution in [0.5, 0.6) is 0 Å². The predicted molar refractivity (Wildman–Crippen MR) is 87.3 cm³/mol. The maximum atomic E-state index is 12.6. The van der Waals surface area contributed by atoms with Crippen LogP contribution in [-0.4, -0.2) is 73.9 Å². The fourth-order valence-corrected chi connectivity index (χ4v) is 3.95. The Morgan fingerprint density at radius 3 is 2.07 bits per heavy atom. The maximum Gasteiger partial charge on any atom is 0.416 e. The summed E-state index contributed by atoms with van der Waals surface area (Å²) in [5.41, 5.74) is -0.939. The molecule has 1 aromatic carbocycles. The van der Waals surface area contributed by atoms with Gasteiger partial charge in [-0.05, 0) is 24.3 Å². The predicted octanol–water partition coefficient (Wildman–Crippen LogP) is 0.213. The number of halogens is 3. The molecule has 0 atom stereocenters. The number of amides is 1. The number of nitrogens with one attached hydrogen (secondary N) is 1. The van der Waals surface area contributed by atoms with Crippen molar-refractivity contribution in [3.8, 4) is 0 Å². The molecule has 1 saturated heterocycles. The monoisotopic (exact) mass is 409 g/mol. The van der Waals surface area contributed by atoms with E-state index in [1.54, 1.807) is 0 Å². The van der Waals surface area contributed by atoms with Crippen LogP contribution in [0.2, 0.25) is 0 Å². The van der Waals surface area contributed by atoms with Crippen molar-refractivity contribution in [1.29, 1.82) is 0 Å². The molecule has 2 rings (SSSR count). The van der Waals surface area contributed by atoms with Crippen molar-refractivity contribution in [1.82, 2.24) is 14.5 Å². The minimum atomic E-state index is -4.55. The number of benzene rings is 1. The van der Waals surface area contributed by atoms with E-state index in [2.05, 4.69) is 5.32 Å². The molecule has 1 heterocycles. The Balaban J connectivity index is 1.96. The van der Waals surface area contributed by atoms with Crippen molar-refractivity contribution in [2.45, 2.75) is 11.1 Å². The molecule has 1 aromatic rings. The number of carboxylic acids is 1. The minimum Gasteiger partial charge on any atom is -0.480 e. The molecule has 1 amide bonds. The third kappa shape index (κ3) is 5.40. The Hall–Kier alpha value is -2.18. The van der Waals surface area contributed by atoms with Crippen molar-refractivity contribution in [2.75, 3.05) is 39.3 Å². The molecule has 27 heavy (non-hydrogen) atoms. The number of rotatable bonds is 6. The van der Waals surface area contributed by atoms with Gasteiger partial charge < -0.3 is 10.0 Å². The number of nitrogens with zero attached hydrogens (tertiary/aromatic N) is 2. The maximum absolute atomic E-state index is 12.6. The van der Waals surface area contributed by atoms with Gasteiger partial charge in [0.1, 0.15) is 0 Å². The van der Waals surface area contributed by atoms with Gasteiger partial charge >= 0.3 is 12.1 Å². The number of carbonyl (C=O) groups is 2. The number of piperazine rings is 1. The number of alkyl halides is 3. The van der Waals surface area contributed by atoms with Gasteiger partial charge in [-0.1, -0.05) is 0 Å². The molecule has 150 valence electrons. The van der Waals surface area contributed by atoms with E-state index in [1.165, 1.54) is 4.90 Å². The zero-order valence-electron chi connectivity index (χ0n) is 14.1. The SMILES string of the molecule is O=C(O)CNCC(=O)N1CCN(S(=O)(=O)c2ccc(C(F)(F)F)cc2)CC1. The fraction of sp³-hybridized carbons (Fsp3) is 0.467. The van der Waals surface area contributed by atoms with Crippen LogP contribution in [0.25, 0.3) is 0 Å². The Morgan fingerprint density at radius 2 is 1.59 bits per heavy atom. The molecule has 8 nitrogen and oxygen atoms in total. The van der Waals surface area contributed by atoms with Crippen LogP contribution in [0.3, 0.4) is 0 Å². The summed E-state index contributed by atoms with van der Waals surface area (Å²) >= 11 is 0. The summed E-state index contributed by atoms with van der Waals surface area (Å²) in [6.07, 6.45) is -4.55. The molecule has 0 aromatic heterocycles. The Kier molecular flexibility index (Phi) is 6.44.